The first-order valence-electron chi connectivity index (χ1n) is 6.59. The Morgan fingerprint density at radius 3 is 1.95 bits per heavy atom. The summed E-state index contributed by atoms with van der Waals surface area (Å²) in [5.74, 6) is 0. The van der Waals surface area contributed by atoms with Crippen molar-refractivity contribution < 1.29 is 8.42 Å². The third-order valence-corrected chi connectivity index (χ3v) is 4.43. The second-order valence-electron chi connectivity index (χ2n) is 6.13. The molecule has 20 heavy (non-hydrogen) atoms. The molecule has 0 fully saturated rings. The van der Waals surface area contributed by atoms with E-state index in [2.05, 4.69) is 32.9 Å². The van der Waals surface area contributed by atoms with Crippen molar-refractivity contribution in [3.63, 3.8) is 0 Å². The van der Waals surface area contributed by atoms with Crippen LogP contribution in [0.25, 0.3) is 11.1 Å². The lowest BCUT2D eigenvalue weighted by Gasteiger charge is -2.20. The first kappa shape index (κ1) is 14.8. The fourth-order valence-electron chi connectivity index (χ4n) is 2.07. The van der Waals surface area contributed by atoms with E-state index in [1.165, 1.54) is 11.8 Å². The fourth-order valence-corrected chi connectivity index (χ4v) is 2.74. The van der Waals surface area contributed by atoms with Crippen molar-refractivity contribution >= 4 is 9.84 Å². The maximum atomic E-state index is 11.6. The zero-order chi connectivity index (χ0) is 15.0. The summed E-state index contributed by atoms with van der Waals surface area (Å²) < 4.78 is 23.3. The van der Waals surface area contributed by atoms with Gasteiger partial charge in [0.15, 0.2) is 9.84 Å². The molecular formula is C17H20O2S. The zero-order valence-corrected chi connectivity index (χ0v) is 13.2. The summed E-state index contributed by atoms with van der Waals surface area (Å²) in [7, 11) is -3.17. The highest BCUT2D eigenvalue weighted by Crippen LogP contribution is 2.28. The van der Waals surface area contributed by atoms with E-state index in [1.54, 1.807) is 18.2 Å². The molecule has 2 rings (SSSR count). The van der Waals surface area contributed by atoms with E-state index in [9.17, 15) is 8.42 Å². The van der Waals surface area contributed by atoms with Gasteiger partial charge >= 0.3 is 0 Å². The summed E-state index contributed by atoms with van der Waals surface area (Å²) >= 11 is 0. The maximum Gasteiger partial charge on any atom is 0.175 e. The third-order valence-electron chi connectivity index (χ3n) is 3.32. The van der Waals surface area contributed by atoms with Crippen LogP contribution in [0.4, 0.5) is 0 Å². The fraction of sp³-hybridized carbons (Fsp3) is 0.294. The summed E-state index contributed by atoms with van der Waals surface area (Å²) in [6.07, 6.45) is 1.23. The molecule has 106 valence electrons. The number of sulfone groups is 1. The largest absolute Gasteiger partial charge is 0.224 e. The molecule has 0 aliphatic carbocycles. The van der Waals surface area contributed by atoms with Crippen LogP contribution in [-0.2, 0) is 15.3 Å². The van der Waals surface area contributed by atoms with Crippen molar-refractivity contribution in [1.29, 1.82) is 0 Å². The van der Waals surface area contributed by atoms with Gasteiger partial charge in [-0.3, -0.25) is 0 Å². The molecule has 0 aliphatic rings. The maximum absolute atomic E-state index is 11.6. The van der Waals surface area contributed by atoms with E-state index in [0.29, 0.717) is 4.90 Å². The van der Waals surface area contributed by atoms with Crippen molar-refractivity contribution in [2.45, 2.75) is 31.1 Å². The van der Waals surface area contributed by atoms with E-state index in [-0.39, 0.29) is 5.41 Å². The Morgan fingerprint density at radius 1 is 0.850 bits per heavy atom. The molecule has 0 aromatic heterocycles. The molecule has 0 aliphatic heterocycles. The predicted octanol–water partition coefficient (Wildman–Crippen LogP) is 4.05. The summed E-state index contributed by atoms with van der Waals surface area (Å²) in [5, 5.41) is 0. The zero-order valence-electron chi connectivity index (χ0n) is 12.3. The molecule has 0 heterocycles. The highest BCUT2D eigenvalue weighted by atomic mass is 32.2. The Hall–Kier alpha value is -1.61. The van der Waals surface area contributed by atoms with Crippen molar-refractivity contribution in [2.75, 3.05) is 6.26 Å². The molecule has 0 radical (unpaired) electrons. The normalized spacial score (nSPS) is 12.4. The monoisotopic (exact) mass is 288 g/mol. The molecule has 3 heteroatoms. The van der Waals surface area contributed by atoms with Gasteiger partial charge in [-0.15, -0.1) is 0 Å². The lowest BCUT2D eigenvalue weighted by molar-refractivity contribution is 0.590. The van der Waals surface area contributed by atoms with E-state index in [0.717, 1.165) is 11.1 Å². The minimum absolute atomic E-state index is 0.0739. The predicted molar refractivity (Wildman–Crippen MR) is 83.7 cm³/mol. The first-order valence-corrected chi connectivity index (χ1v) is 8.48. The van der Waals surface area contributed by atoms with Crippen LogP contribution in [0.1, 0.15) is 26.3 Å². The van der Waals surface area contributed by atoms with Crippen LogP contribution in [0.15, 0.2) is 53.4 Å². The number of hydrogen-bond acceptors (Lipinski definition) is 2. The highest BCUT2D eigenvalue weighted by molar-refractivity contribution is 7.90. The average molecular weight is 288 g/mol. The molecule has 2 aromatic carbocycles. The minimum atomic E-state index is -3.17. The summed E-state index contributed by atoms with van der Waals surface area (Å²) in [6.45, 7) is 6.50. The SMILES string of the molecule is CC(C)(C)c1cccc(-c2cccc(S(C)(=O)=O)c2)c1. The van der Waals surface area contributed by atoms with Crippen LogP contribution in [0.5, 0.6) is 0 Å². The molecule has 2 nitrogen and oxygen atoms in total. The van der Waals surface area contributed by atoms with E-state index in [4.69, 9.17) is 0 Å². The van der Waals surface area contributed by atoms with Gasteiger partial charge in [0.1, 0.15) is 0 Å². The molecular weight excluding hydrogens is 268 g/mol. The molecule has 0 spiro atoms. The summed E-state index contributed by atoms with van der Waals surface area (Å²) in [6, 6.07) is 15.3. The lowest BCUT2D eigenvalue weighted by Crippen LogP contribution is -2.10. The smallest absolute Gasteiger partial charge is 0.175 e. The second kappa shape index (κ2) is 5.06. The van der Waals surface area contributed by atoms with Crippen LogP contribution in [0.3, 0.4) is 0 Å². The van der Waals surface area contributed by atoms with Gasteiger partial charge in [-0.2, -0.15) is 0 Å². The van der Waals surface area contributed by atoms with Gasteiger partial charge in [-0.25, -0.2) is 8.42 Å². The van der Waals surface area contributed by atoms with Crippen molar-refractivity contribution in [3.8, 4) is 11.1 Å². The van der Waals surface area contributed by atoms with Crippen LogP contribution in [0, 0.1) is 0 Å². The quantitative estimate of drug-likeness (QED) is 0.835. The topological polar surface area (TPSA) is 34.1 Å². The highest BCUT2D eigenvalue weighted by Gasteiger charge is 2.14. The number of rotatable bonds is 2. The Labute approximate surface area is 121 Å². The van der Waals surface area contributed by atoms with Crippen LogP contribution in [0.2, 0.25) is 0 Å². The van der Waals surface area contributed by atoms with Gasteiger partial charge in [-0.1, -0.05) is 57.2 Å². The van der Waals surface area contributed by atoms with E-state index >= 15 is 0 Å². The first-order chi connectivity index (χ1) is 9.18. The molecule has 0 atom stereocenters. The Morgan fingerprint density at radius 2 is 1.40 bits per heavy atom. The number of benzene rings is 2. The lowest BCUT2D eigenvalue weighted by atomic mass is 9.85. The van der Waals surface area contributed by atoms with E-state index in [1.807, 2.05) is 18.2 Å². The van der Waals surface area contributed by atoms with Gasteiger partial charge in [0, 0.05) is 6.26 Å². The minimum Gasteiger partial charge on any atom is -0.224 e. The van der Waals surface area contributed by atoms with Gasteiger partial charge < -0.3 is 0 Å². The molecule has 2 aromatic rings. The van der Waals surface area contributed by atoms with Gasteiger partial charge in [0.2, 0.25) is 0 Å². The van der Waals surface area contributed by atoms with Crippen LogP contribution >= 0.6 is 0 Å². The molecule has 0 bridgehead atoms. The Bertz CT molecular complexity index is 723. The van der Waals surface area contributed by atoms with Crippen LogP contribution < -0.4 is 0 Å². The number of hydrogen-bond donors (Lipinski definition) is 0. The van der Waals surface area contributed by atoms with Crippen molar-refractivity contribution in [1.82, 2.24) is 0 Å². The molecule has 0 N–H and O–H groups in total. The molecule has 0 saturated carbocycles. The molecule has 0 amide bonds. The molecule has 0 unspecified atom stereocenters. The van der Waals surface area contributed by atoms with Crippen LogP contribution in [-0.4, -0.2) is 14.7 Å². The molecule has 0 saturated heterocycles. The summed E-state index contributed by atoms with van der Waals surface area (Å²) in [4.78, 5) is 0.358. The van der Waals surface area contributed by atoms with E-state index < -0.39 is 9.84 Å². The Kier molecular flexibility index (Phi) is 3.74. The third kappa shape index (κ3) is 3.28. The standard InChI is InChI=1S/C17H20O2S/c1-17(2,3)15-9-5-7-13(11-15)14-8-6-10-16(12-14)20(4,18)19/h5-12H,1-4H3. The second-order valence-corrected chi connectivity index (χ2v) is 8.15. The van der Waals surface area contributed by atoms with Crippen molar-refractivity contribution in [3.05, 3.63) is 54.1 Å². The average Bonchev–Trinajstić information content (AvgIpc) is 2.37. The Balaban J connectivity index is 2.53. The van der Waals surface area contributed by atoms with Gasteiger partial charge in [0.25, 0.3) is 0 Å². The summed E-state index contributed by atoms with van der Waals surface area (Å²) in [5.41, 5.74) is 3.28. The van der Waals surface area contributed by atoms with Crippen molar-refractivity contribution in [2.24, 2.45) is 0 Å². The van der Waals surface area contributed by atoms with Gasteiger partial charge in [-0.05, 0) is 34.2 Å². The van der Waals surface area contributed by atoms with Gasteiger partial charge in [0.05, 0.1) is 4.90 Å².